The molecule has 0 spiro atoms. The van der Waals surface area contributed by atoms with Gasteiger partial charge in [-0.25, -0.2) is 0 Å². The quantitative estimate of drug-likeness (QED) is 0.773. The molecule has 21 heavy (non-hydrogen) atoms. The lowest BCUT2D eigenvalue weighted by atomic mass is 10.1. The molecule has 0 unspecified atom stereocenters. The van der Waals surface area contributed by atoms with Gasteiger partial charge < -0.3 is 20.1 Å². The number of carbonyl (C=O) groups excluding carboxylic acids is 1. The minimum Gasteiger partial charge on any atom is -0.493 e. The van der Waals surface area contributed by atoms with E-state index in [9.17, 15) is 4.79 Å². The molecule has 0 aliphatic rings. The summed E-state index contributed by atoms with van der Waals surface area (Å²) in [4.78, 5) is 11.5. The van der Waals surface area contributed by atoms with Crippen molar-refractivity contribution in [2.45, 2.75) is 33.4 Å². The van der Waals surface area contributed by atoms with Crippen molar-refractivity contribution in [3.05, 3.63) is 22.7 Å². The van der Waals surface area contributed by atoms with E-state index in [0.717, 1.165) is 5.56 Å². The molecule has 0 bridgehead atoms. The Morgan fingerprint density at radius 2 is 2.10 bits per heavy atom. The van der Waals surface area contributed by atoms with Crippen LogP contribution in [0, 0.1) is 0 Å². The van der Waals surface area contributed by atoms with Gasteiger partial charge in [0, 0.05) is 35.8 Å². The van der Waals surface area contributed by atoms with Crippen LogP contribution in [0.3, 0.4) is 0 Å². The second-order valence-corrected chi connectivity index (χ2v) is 5.31. The Morgan fingerprint density at radius 1 is 1.38 bits per heavy atom. The summed E-state index contributed by atoms with van der Waals surface area (Å²) < 4.78 is 10.9. The highest BCUT2D eigenvalue weighted by Gasteiger charge is 2.14. The van der Waals surface area contributed by atoms with Crippen molar-refractivity contribution >= 4 is 17.5 Å². The minimum absolute atomic E-state index is 0.0550. The van der Waals surface area contributed by atoms with Crippen LogP contribution in [-0.4, -0.2) is 32.2 Å². The fraction of sp³-hybridized carbons (Fsp3) is 0.533. The van der Waals surface area contributed by atoms with Gasteiger partial charge in [0.1, 0.15) is 0 Å². The highest BCUT2D eigenvalue weighted by molar-refractivity contribution is 6.30. The molecule has 0 radical (unpaired) electrons. The summed E-state index contributed by atoms with van der Waals surface area (Å²) in [7, 11) is 1.55. The number of carbonyl (C=O) groups is 1. The first-order valence-corrected chi connectivity index (χ1v) is 7.35. The van der Waals surface area contributed by atoms with E-state index in [0.29, 0.717) is 35.7 Å². The molecule has 0 aromatic heterocycles. The number of nitrogens with one attached hydrogen (secondary N) is 2. The van der Waals surface area contributed by atoms with Gasteiger partial charge in [-0.05, 0) is 13.0 Å². The fourth-order valence-corrected chi connectivity index (χ4v) is 2.00. The van der Waals surface area contributed by atoms with Crippen LogP contribution in [0.15, 0.2) is 12.1 Å². The highest BCUT2D eigenvalue weighted by atomic mass is 35.5. The number of ether oxygens (including phenoxy) is 2. The van der Waals surface area contributed by atoms with Crippen LogP contribution in [-0.2, 0) is 11.3 Å². The van der Waals surface area contributed by atoms with E-state index in [1.54, 1.807) is 13.2 Å². The average Bonchev–Trinajstić information content (AvgIpc) is 2.43. The number of likely N-dealkylation sites (N-methyl/N-ethyl adjacent to an activating group) is 1. The van der Waals surface area contributed by atoms with Gasteiger partial charge in [0.15, 0.2) is 18.1 Å². The molecule has 5 nitrogen and oxygen atoms in total. The van der Waals surface area contributed by atoms with E-state index in [-0.39, 0.29) is 12.5 Å². The largest absolute Gasteiger partial charge is 0.493 e. The molecule has 0 saturated carbocycles. The summed E-state index contributed by atoms with van der Waals surface area (Å²) in [5.74, 6) is 0.894. The maximum atomic E-state index is 11.5. The van der Waals surface area contributed by atoms with Crippen LogP contribution >= 0.6 is 11.6 Å². The first kappa shape index (κ1) is 17.6. The zero-order chi connectivity index (χ0) is 15.8. The van der Waals surface area contributed by atoms with Crippen LogP contribution in [0.4, 0.5) is 0 Å². The summed E-state index contributed by atoms with van der Waals surface area (Å²) >= 11 is 6.09. The first-order valence-electron chi connectivity index (χ1n) is 6.97. The molecular weight excluding hydrogens is 292 g/mol. The highest BCUT2D eigenvalue weighted by Crippen LogP contribution is 2.34. The minimum atomic E-state index is -0.169. The van der Waals surface area contributed by atoms with Gasteiger partial charge in [-0.3, -0.25) is 4.79 Å². The summed E-state index contributed by atoms with van der Waals surface area (Å²) in [5.41, 5.74) is 0.859. The molecule has 6 heteroatoms. The third kappa shape index (κ3) is 5.81. The lowest BCUT2D eigenvalue weighted by molar-refractivity contribution is -0.123. The Bertz CT molecular complexity index is 478. The van der Waals surface area contributed by atoms with Crippen molar-refractivity contribution in [2.75, 3.05) is 20.3 Å². The van der Waals surface area contributed by atoms with Crippen molar-refractivity contribution in [2.24, 2.45) is 0 Å². The van der Waals surface area contributed by atoms with Crippen LogP contribution in [0.2, 0.25) is 5.02 Å². The van der Waals surface area contributed by atoms with Gasteiger partial charge in [0.2, 0.25) is 0 Å². The number of hydrogen-bond acceptors (Lipinski definition) is 4. The van der Waals surface area contributed by atoms with Gasteiger partial charge in [-0.2, -0.15) is 0 Å². The lowest BCUT2D eigenvalue weighted by Gasteiger charge is -2.17. The number of hydrogen-bond donors (Lipinski definition) is 2. The number of rotatable bonds is 8. The number of methoxy groups -OCH3 is 1. The first-order chi connectivity index (χ1) is 9.97. The molecular formula is C15H23ClN2O3. The van der Waals surface area contributed by atoms with Gasteiger partial charge in [-0.1, -0.05) is 25.4 Å². The maximum Gasteiger partial charge on any atom is 0.257 e. The smallest absolute Gasteiger partial charge is 0.257 e. The van der Waals surface area contributed by atoms with Gasteiger partial charge in [0.25, 0.3) is 5.91 Å². The maximum absolute atomic E-state index is 11.5. The van der Waals surface area contributed by atoms with E-state index in [1.165, 1.54) is 0 Å². The summed E-state index contributed by atoms with van der Waals surface area (Å²) in [6.07, 6.45) is 0. The SMILES string of the molecule is CCNC(=O)COc1c(CNC(C)C)cc(Cl)cc1OC. The van der Waals surface area contributed by atoms with E-state index < -0.39 is 0 Å². The standard InChI is InChI=1S/C15H23ClN2O3/c1-5-17-14(19)9-21-15-11(8-18-10(2)3)6-12(16)7-13(15)20-4/h6-7,10,18H,5,8-9H2,1-4H3,(H,17,19). The number of halogens is 1. The van der Waals surface area contributed by atoms with Crippen molar-refractivity contribution < 1.29 is 14.3 Å². The van der Waals surface area contributed by atoms with E-state index in [2.05, 4.69) is 24.5 Å². The van der Waals surface area contributed by atoms with E-state index in [1.807, 2.05) is 13.0 Å². The van der Waals surface area contributed by atoms with Gasteiger partial charge in [0.05, 0.1) is 7.11 Å². The Hall–Kier alpha value is -1.46. The van der Waals surface area contributed by atoms with Crippen LogP contribution < -0.4 is 20.1 Å². The summed E-state index contributed by atoms with van der Waals surface area (Å²) in [5, 5.41) is 6.55. The van der Waals surface area contributed by atoms with Gasteiger partial charge >= 0.3 is 0 Å². The Morgan fingerprint density at radius 3 is 2.67 bits per heavy atom. The molecule has 0 heterocycles. The zero-order valence-electron chi connectivity index (χ0n) is 13.0. The molecule has 0 aliphatic heterocycles. The molecule has 118 valence electrons. The zero-order valence-corrected chi connectivity index (χ0v) is 13.7. The monoisotopic (exact) mass is 314 g/mol. The Kier molecular flexibility index (Phi) is 7.32. The molecule has 1 rings (SSSR count). The van der Waals surface area contributed by atoms with Crippen molar-refractivity contribution in [3.63, 3.8) is 0 Å². The summed E-state index contributed by atoms with van der Waals surface area (Å²) in [6, 6.07) is 3.81. The van der Waals surface area contributed by atoms with Crippen molar-refractivity contribution in [3.8, 4) is 11.5 Å². The second kappa shape index (κ2) is 8.74. The normalized spacial score (nSPS) is 10.6. The lowest BCUT2D eigenvalue weighted by Crippen LogP contribution is -2.29. The summed E-state index contributed by atoms with van der Waals surface area (Å²) in [6.45, 7) is 7.06. The number of benzene rings is 1. The molecule has 0 atom stereocenters. The predicted molar refractivity (Wildman–Crippen MR) is 84.2 cm³/mol. The molecule has 1 aromatic carbocycles. The molecule has 1 aromatic rings. The molecule has 2 N–H and O–H groups in total. The molecule has 0 saturated heterocycles. The van der Waals surface area contributed by atoms with Crippen molar-refractivity contribution in [1.29, 1.82) is 0 Å². The third-order valence-corrected chi connectivity index (χ3v) is 2.96. The topological polar surface area (TPSA) is 59.6 Å². The Labute approximate surface area is 131 Å². The second-order valence-electron chi connectivity index (χ2n) is 4.87. The molecule has 0 aliphatic carbocycles. The fourth-order valence-electron chi connectivity index (χ4n) is 1.77. The van der Waals surface area contributed by atoms with Crippen LogP contribution in [0.5, 0.6) is 11.5 Å². The molecule has 0 fully saturated rings. The van der Waals surface area contributed by atoms with E-state index in [4.69, 9.17) is 21.1 Å². The van der Waals surface area contributed by atoms with Crippen LogP contribution in [0.1, 0.15) is 26.3 Å². The predicted octanol–water partition coefficient (Wildman–Crippen LogP) is 2.36. The number of amides is 1. The van der Waals surface area contributed by atoms with Crippen LogP contribution in [0.25, 0.3) is 0 Å². The van der Waals surface area contributed by atoms with Crippen molar-refractivity contribution in [1.82, 2.24) is 10.6 Å². The van der Waals surface area contributed by atoms with E-state index >= 15 is 0 Å². The average molecular weight is 315 g/mol. The molecule has 1 amide bonds. The Balaban J connectivity index is 2.93. The third-order valence-electron chi connectivity index (χ3n) is 2.74. The van der Waals surface area contributed by atoms with Gasteiger partial charge in [-0.15, -0.1) is 0 Å².